The van der Waals surface area contributed by atoms with Crippen LogP contribution < -0.4 is 9.44 Å². The molecule has 0 aliphatic heterocycles. The summed E-state index contributed by atoms with van der Waals surface area (Å²) in [6, 6.07) is 29.7. The fourth-order valence-electron chi connectivity index (χ4n) is 5.43. The molecule has 0 saturated carbocycles. The average Bonchev–Trinajstić information content (AvgIpc) is 3.14. The molecule has 0 amide bonds. The lowest BCUT2D eigenvalue weighted by molar-refractivity contribution is 0.458. The van der Waals surface area contributed by atoms with Crippen molar-refractivity contribution in [2.24, 2.45) is 0 Å². The molecule has 0 aliphatic rings. The van der Waals surface area contributed by atoms with Crippen molar-refractivity contribution in [3.05, 3.63) is 166 Å². The number of aromatic nitrogens is 2. The average molecular weight is 743 g/mol. The Labute approximate surface area is 308 Å². The number of rotatable bonds is 10. The van der Waals surface area contributed by atoms with Crippen LogP contribution in [0, 0.1) is 25.7 Å². The molecule has 0 radical (unpaired) electrons. The van der Waals surface area contributed by atoms with Crippen LogP contribution in [-0.2, 0) is 26.5 Å². The van der Waals surface area contributed by atoms with Gasteiger partial charge >= 0.3 is 0 Å². The van der Waals surface area contributed by atoms with Gasteiger partial charge in [-0.2, -0.15) is 0 Å². The van der Waals surface area contributed by atoms with Gasteiger partial charge in [-0.05, 0) is 132 Å². The van der Waals surface area contributed by atoms with Crippen LogP contribution in [0.2, 0.25) is 0 Å². The van der Waals surface area contributed by atoms with E-state index < -0.39 is 20.0 Å². The van der Waals surface area contributed by atoms with Crippen LogP contribution in [0.4, 0.5) is 11.6 Å². The Morgan fingerprint density at radius 2 is 1.08 bits per heavy atom. The topological polar surface area (TPSA) is 159 Å². The number of pyridine rings is 2. The lowest BCUT2D eigenvalue weighted by Gasteiger charge is -2.12. The minimum Gasteiger partial charge on any atom is -0.507 e. The lowest BCUT2D eigenvalue weighted by Crippen LogP contribution is -2.13. The van der Waals surface area contributed by atoms with E-state index in [9.17, 15) is 27.0 Å². The zero-order valence-electron chi connectivity index (χ0n) is 28.6. The maximum Gasteiger partial charge on any atom is 0.263 e. The molecule has 2 aromatic heterocycles. The Kier molecular flexibility index (Phi) is 10.6. The summed E-state index contributed by atoms with van der Waals surface area (Å²) < 4.78 is 55.9. The first-order valence-electron chi connectivity index (χ1n) is 16.3. The van der Waals surface area contributed by atoms with Crippen molar-refractivity contribution in [2.75, 3.05) is 9.44 Å². The molecular formula is C41H34N4O6S2. The fourth-order valence-corrected chi connectivity index (χ4v) is 7.45. The summed E-state index contributed by atoms with van der Waals surface area (Å²) in [5.41, 5.74) is 5.24. The van der Waals surface area contributed by atoms with Crippen molar-refractivity contribution in [3.8, 4) is 23.3 Å². The molecule has 10 nitrogen and oxygen atoms in total. The van der Waals surface area contributed by atoms with Crippen LogP contribution in [-0.4, -0.2) is 37.0 Å². The van der Waals surface area contributed by atoms with E-state index in [1.165, 1.54) is 36.7 Å². The number of hydrogen-bond acceptors (Lipinski definition) is 8. The minimum absolute atomic E-state index is 0.0713. The molecule has 0 atom stereocenters. The highest BCUT2D eigenvalue weighted by atomic mass is 32.2. The van der Waals surface area contributed by atoms with Crippen molar-refractivity contribution in [3.63, 3.8) is 0 Å². The van der Waals surface area contributed by atoms with Crippen molar-refractivity contribution in [1.82, 2.24) is 9.97 Å². The molecule has 6 rings (SSSR count). The van der Waals surface area contributed by atoms with Gasteiger partial charge in [0, 0.05) is 29.9 Å². The predicted molar refractivity (Wildman–Crippen MR) is 206 cm³/mol. The zero-order chi connectivity index (χ0) is 37.6. The Hall–Kier alpha value is -6.42. The number of benzene rings is 4. The highest BCUT2D eigenvalue weighted by molar-refractivity contribution is 7.93. The molecule has 0 unspecified atom stereocenters. The Morgan fingerprint density at radius 1 is 0.585 bits per heavy atom. The van der Waals surface area contributed by atoms with Gasteiger partial charge in [-0.15, -0.1) is 0 Å². The van der Waals surface area contributed by atoms with E-state index >= 15 is 0 Å². The number of nitrogens with zero attached hydrogens (tertiary/aromatic N) is 2. The maximum atomic E-state index is 12.8. The summed E-state index contributed by atoms with van der Waals surface area (Å²) in [6.07, 6.45) is 6.93. The van der Waals surface area contributed by atoms with Crippen LogP contribution in [0.25, 0.3) is 12.2 Å². The van der Waals surface area contributed by atoms with Crippen molar-refractivity contribution >= 4 is 43.8 Å². The zero-order valence-corrected chi connectivity index (χ0v) is 30.3. The molecule has 12 heteroatoms. The number of phenols is 2. The molecule has 266 valence electrons. The summed E-state index contributed by atoms with van der Waals surface area (Å²) in [5.74, 6) is 6.80. The number of sulfonamides is 2. The number of phenolic OH excluding ortho intramolecular Hbond substituents is 2. The number of aromatic hydroxyl groups is 2. The number of nitrogens with one attached hydrogen (secondary N) is 2. The van der Waals surface area contributed by atoms with Crippen molar-refractivity contribution in [2.45, 2.75) is 30.1 Å². The van der Waals surface area contributed by atoms with Crippen LogP contribution in [0.3, 0.4) is 0 Å². The van der Waals surface area contributed by atoms with Gasteiger partial charge in [0.05, 0.1) is 9.79 Å². The summed E-state index contributed by atoms with van der Waals surface area (Å²) in [5, 5.41) is 21.9. The van der Waals surface area contributed by atoms with Gasteiger partial charge in [0.1, 0.15) is 23.1 Å². The van der Waals surface area contributed by atoms with Gasteiger partial charge in [0.2, 0.25) is 0 Å². The summed E-state index contributed by atoms with van der Waals surface area (Å²) in [6.45, 7) is 3.57. The molecular weight excluding hydrogens is 709 g/mol. The molecule has 0 saturated heterocycles. The Balaban J connectivity index is 1.17. The molecule has 4 aromatic carbocycles. The molecule has 6 aromatic rings. The Morgan fingerprint density at radius 3 is 1.62 bits per heavy atom. The van der Waals surface area contributed by atoms with Gasteiger partial charge in [0.25, 0.3) is 20.0 Å². The second kappa shape index (κ2) is 15.4. The first-order valence-corrected chi connectivity index (χ1v) is 19.3. The predicted octanol–water partition coefficient (Wildman–Crippen LogP) is 7.27. The first kappa shape index (κ1) is 36.4. The fraction of sp³-hybridized carbons (Fsp3) is 0.0732. The van der Waals surface area contributed by atoms with Crippen LogP contribution in [0.15, 0.2) is 131 Å². The van der Waals surface area contributed by atoms with Crippen LogP contribution >= 0.6 is 0 Å². The van der Waals surface area contributed by atoms with E-state index in [0.717, 1.165) is 11.1 Å². The third kappa shape index (κ3) is 9.09. The molecule has 0 spiro atoms. The highest BCUT2D eigenvalue weighted by Crippen LogP contribution is 2.32. The van der Waals surface area contributed by atoms with E-state index in [1.807, 2.05) is 24.3 Å². The number of anilines is 2. The number of aryl methyl sites for hydroxylation is 2. The first-order chi connectivity index (χ1) is 25.4. The second-order valence-corrected chi connectivity index (χ2v) is 15.5. The van der Waals surface area contributed by atoms with Crippen LogP contribution in [0.1, 0.15) is 44.5 Å². The van der Waals surface area contributed by atoms with Gasteiger partial charge in [-0.3, -0.25) is 9.44 Å². The molecule has 0 fully saturated rings. The van der Waals surface area contributed by atoms with Gasteiger partial charge < -0.3 is 10.2 Å². The maximum absolute atomic E-state index is 12.8. The van der Waals surface area contributed by atoms with Gasteiger partial charge in [-0.1, -0.05) is 48.3 Å². The third-order valence-corrected chi connectivity index (χ3v) is 10.9. The normalized spacial score (nSPS) is 11.5. The lowest BCUT2D eigenvalue weighted by atomic mass is 9.95. The quantitative estimate of drug-likeness (QED) is 0.0843. The molecule has 53 heavy (non-hydrogen) atoms. The number of hydrogen-bond donors (Lipinski definition) is 4. The minimum atomic E-state index is -3.82. The van der Waals surface area contributed by atoms with E-state index in [-0.39, 0.29) is 39.3 Å². The molecule has 0 bridgehead atoms. The van der Waals surface area contributed by atoms with Crippen molar-refractivity contribution < 1.29 is 27.0 Å². The highest BCUT2D eigenvalue weighted by Gasteiger charge is 2.16. The Bertz CT molecular complexity index is 2580. The third-order valence-electron chi connectivity index (χ3n) is 8.14. The van der Waals surface area contributed by atoms with Crippen LogP contribution in [0.5, 0.6) is 11.5 Å². The second-order valence-electron chi connectivity index (χ2n) is 12.1. The largest absolute Gasteiger partial charge is 0.507 e. The monoisotopic (exact) mass is 742 g/mol. The van der Waals surface area contributed by atoms with E-state index in [4.69, 9.17) is 0 Å². The molecule has 2 heterocycles. The summed E-state index contributed by atoms with van der Waals surface area (Å²) in [4.78, 5) is 8.18. The standard InChI is InChI=1S/C41H34N4O6S2/c1-28-23-32(11-9-30-13-17-36(18-14-30)52(48,49)44-38-7-3-5-21-42-38)25-34(40(28)46)27-35-26-33(24-29(2)41(35)47)12-10-31-15-19-37(20-16-31)53(50,51)45-39-8-4-6-22-43-39/h3-9,11,13-26,46-47H,27H2,1-2H3,(H,42,44)(H,43,45). The van der Waals surface area contributed by atoms with E-state index in [0.29, 0.717) is 33.4 Å². The van der Waals surface area contributed by atoms with E-state index in [1.54, 1.807) is 86.6 Å². The molecule has 0 aliphatic carbocycles. The molecule has 4 N–H and O–H groups in total. The SMILES string of the molecule is Cc1cc(C#Cc2ccc(S(=O)(=O)Nc3ccccn3)cc2)cc(Cc2cc(C=Cc3ccc(S(=O)(=O)Nc4ccccn4)cc3)cc(C)c2O)c1O. The summed E-state index contributed by atoms with van der Waals surface area (Å²) in [7, 11) is -7.63. The van der Waals surface area contributed by atoms with Crippen molar-refractivity contribution in [1.29, 1.82) is 0 Å². The summed E-state index contributed by atoms with van der Waals surface area (Å²) >= 11 is 0. The van der Waals surface area contributed by atoms with Gasteiger partial charge in [-0.25, -0.2) is 26.8 Å². The van der Waals surface area contributed by atoms with E-state index in [2.05, 4.69) is 31.3 Å². The smallest absolute Gasteiger partial charge is 0.263 e. The van der Waals surface area contributed by atoms with Gasteiger partial charge in [0.15, 0.2) is 0 Å².